The van der Waals surface area contributed by atoms with E-state index in [1.54, 1.807) is 7.11 Å². The molecule has 0 heterocycles. The van der Waals surface area contributed by atoms with Crippen molar-refractivity contribution in [2.45, 2.75) is 20.3 Å². The summed E-state index contributed by atoms with van der Waals surface area (Å²) in [6.45, 7) is 5.58. The minimum atomic E-state index is -0.0482. The Morgan fingerprint density at radius 3 is 2.67 bits per heavy atom. The molecule has 0 aliphatic carbocycles. The molecule has 0 bridgehead atoms. The highest BCUT2D eigenvalue weighted by molar-refractivity contribution is 9.10. The summed E-state index contributed by atoms with van der Waals surface area (Å²) in [6.07, 6.45) is 0.916. The van der Waals surface area contributed by atoms with E-state index >= 15 is 0 Å². The lowest BCUT2D eigenvalue weighted by atomic mass is 9.89. The van der Waals surface area contributed by atoms with Gasteiger partial charge < -0.3 is 10.1 Å². The Kier molecular flexibility index (Phi) is 5.82. The van der Waals surface area contributed by atoms with E-state index in [2.05, 4.69) is 35.1 Å². The van der Waals surface area contributed by atoms with Gasteiger partial charge in [0, 0.05) is 24.7 Å². The molecule has 0 aliphatic heterocycles. The van der Waals surface area contributed by atoms with Gasteiger partial charge in [-0.1, -0.05) is 26.0 Å². The molecule has 0 aromatic heterocycles. The summed E-state index contributed by atoms with van der Waals surface area (Å²) in [5.41, 5.74) is 0.701. The summed E-state index contributed by atoms with van der Waals surface area (Å²) < 4.78 is 5.88. The van der Waals surface area contributed by atoms with Gasteiger partial charge in [-0.2, -0.15) is 0 Å². The molecule has 0 unspecified atom stereocenters. The average molecular weight is 314 g/mol. The van der Waals surface area contributed by atoms with E-state index in [4.69, 9.17) is 4.74 Å². The second-order valence-electron chi connectivity index (χ2n) is 5.07. The molecule has 1 aromatic carbocycles. The zero-order valence-corrected chi connectivity index (χ0v) is 12.7. The summed E-state index contributed by atoms with van der Waals surface area (Å²) in [6, 6.07) is 7.42. The van der Waals surface area contributed by atoms with Crippen LogP contribution in [0.25, 0.3) is 0 Å². The molecule has 0 atom stereocenters. The molecule has 4 heteroatoms. The SMILES string of the molecule is COCCC(C)(C)CNC(=O)c1ccccc1Br. The first kappa shape index (κ1) is 15.2. The van der Waals surface area contributed by atoms with Gasteiger partial charge in [0.15, 0.2) is 0 Å². The molecule has 0 spiro atoms. The molecule has 1 N–H and O–H groups in total. The number of ether oxygens (including phenoxy) is 1. The van der Waals surface area contributed by atoms with Gasteiger partial charge in [0.05, 0.1) is 5.56 Å². The Morgan fingerprint density at radius 2 is 2.06 bits per heavy atom. The van der Waals surface area contributed by atoms with Crippen molar-refractivity contribution >= 4 is 21.8 Å². The molecule has 0 fully saturated rings. The highest BCUT2D eigenvalue weighted by Gasteiger charge is 2.19. The molecule has 1 amide bonds. The largest absolute Gasteiger partial charge is 0.385 e. The molecule has 1 rings (SSSR count). The van der Waals surface area contributed by atoms with Crippen molar-refractivity contribution in [2.24, 2.45) is 5.41 Å². The van der Waals surface area contributed by atoms with Crippen molar-refractivity contribution < 1.29 is 9.53 Å². The third-order valence-corrected chi connectivity index (χ3v) is 3.52. The standard InChI is InChI=1S/C14H20BrNO2/c1-14(2,8-9-18-3)10-16-13(17)11-6-4-5-7-12(11)15/h4-7H,8-10H2,1-3H3,(H,16,17). The molecular weight excluding hydrogens is 294 g/mol. The Bertz CT molecular complexity index is 405. The number of methoxy groups -OCH3 is 1. The first-order chi connectivity index (χ1) is 8.46. The second kappa shape index (κ2) is 6.90. The third-order valence-electron chi connectivity index (χ3n) is 2.83. The highest BCUT2D eigenvalue weighted by Crippen LogP contribution is 2.20. The lowest BCUT2D eigenvalue weighted by molar-refractivity contribution is 0.0920. The highest BCUT2D eigenvalue weighted by atomic mass is 79.9. The fourth-order valence-electron chi connectivity index (χ4n) is 1.53. The van der Waals surface area contributed by atoms with Crippen LogP contribution in [0.4, 0.5) is 0 Å². The van der Waals surface area contributed by atoms with Gasteiger partial charge in [-0.05, 0) is 39.9 Å². The van der Waals surface area contributed by atoms with E-state index < -0.39 is 0 Å². The first-order valence-corrected chi connectivity index (χ1v) is 6.77. The van der Waals surface area contributed by atoms with Gasteiger partial charge in [0.1, 0.15) is 0 Å². The number of carbonyl (C=O) groups is 1. The van der Waals surface area contributed by atoms with Crippen LogP contribution in [0.1, 0.15) is 30.6 Å². The predicted octanol–water partition coefficient (Wildman–Crippen LogP) is 3.24. The zero-order chi connectivity index (χ0) is 13.6. The van der Waals surface area contributed by atoms with E-state index in [0.717, 1.165) is 10.9 Å². The maximum absolute atomic E-state index is 12.0. The molecule has 0 radical (unpaired) electrons. The van der Waals surface area contributed by atoms with Gasteiger partial charge in [0.25, 0.3) is 5.91 Å². The quantitative estimate of drug-likeness (QED) is 0.875. The Balaban J connectivity index is 2.54. The minimum absolute atomic E-state index is 0.0346. The molecule has 0 saturated carbocycles. The van der Waals surface area contributed by atoms with Crippen LogP contribution in [0.5, 0.6) is 0 Å². The van der Waals surface area contributed by atoms with Crippen molar-refractivity contribution in [2.75, 3.05) is 20.3 Å². The van der Waals surface area contributed by atoms with Crippen LogP contribution in [-0.2, 0) is 4.74 Å². The smallest absolute Gasteiger partial charge is 0.252 e. The van der Waals surface area contributed by atoms with Crippen LogP contribution in [0.15, 0.2) is 28.7 Å². The number of hydrogen-bond donors (Lipinski definition) is 1. The molecule has 1 aromatic rings. The van der Waals surface area contributed by atoms with Crippen LogP contribution in [0.3, 0.4) is 0 Å². The summed E-state index contributed by atoms with van der Waals surface area (Å²) in [5, 5.41) is 2.96. The Labute approximate surface area is 117 Å². The van der Waals surface area contributed by atoms with Crippen molar-refractivity contribution in [3.8, 4) is 0 Å². The summed E-state index contributed by atoms with van der Waals surface area (Å²) in [4.78, 5) is 12.0. The van der Waals surface area contributed by atoms with Gasteiger partial charge in [0.2, 0.25) is 0 Å². The summed E-state index contributed by atoms with van der Waals surface area (Å²) in [7, 11) is 1.69. The molecule has 3 nitrogen and oxygen atoms in total. The normalized spacial score (nSPS) is 11.3. The maximum atomic E-state index is 12.0. The Morgan fingerprint density at radius 1 is 1.39 bits per heavy atom. The van der Waals surface area contributed by atoms with Crippen LogP contribution < -0.4 is 5.32 Å². The van der Waals surface area contributed by atoms with Gasteiger partial charge in [-0.3, -0.25) is 4.79 Å². The number of carbonyl (C=O) groups excluding carboxylic acids is 1. The minimum Gasteiger partial charge on any atom is -0.385 e. The van der Waals surface area contributed by atoms with Gasteiger partial charge in [-0.15, -0.1) is 0 Å². The van der Waals surface area contributed by atoms with E-state index in [1.165, 1.54) is 0 Å². The fourth-order valence-corrected chi connectivity index (χ4v) is 1.99. The van der Waals surface area contributed by atoms with E-state index in [9.17, 15) is 4.79 Å². The van der Waals surface area contributed by atoms with Crippen molar-refractivity contribution in [3.05, 3.63) is 34.3 Å². The van der Waals surface area contributed by atoms with Crippen LogP contribution in [0, 0.1) is 5.41 Å². The topological polar surface area (TPSA) is 38.3 Å². The molecule has 0 aliphatic rings. The van der Waals surface area contributed by atoms with E-state index in [0.29, 0.717) is 18.7 Å². The molecule has 18 heavy (non-hydrogen) atoms. The number of nitrogens with one attached hydrogen (secondary N) is 1. The van der Waals surface area contributed by atoms with Crippen molar-refractivity contribution in [1.29, 1.82) is 0 Å². The van der Waals surface area contributed by atoms with Gasteiger partial charge >= 0.3 is 0 Å². The van der Waals surface area contributed by atoms with Crippen LogP contribution in [0.2, 0.25) is 0 Å². The lowest BCUT2D eigenvalue weighted by Crippen LogP contribution is -2.34. The molecule has 100 valence electrons. The maximum Gasteiger partial charge on any atom is 0.252 e. The molecule has 0 saturated heterocycles. The zero-order valence-electron chi connectivity index (χ0n) is 11.1. The van der Waals surface area contributed by atoms with Gasteiger partial charge in [-0.25, -0.2) is 0 Å². The van der Waals surface area contributed by atoms with Crippen LogP contribution >= 0.6 is 15.9 Å². The number of benzene rings is 1. The predicted molar refractivity (Wildman–Crippen MR) is 76.7 cm³/mol. The number of hydrogen-bond acceptors (Lipinski definition) is 2. The van der Waals surface area contributed by atoms with E-state index in [1.807, 2.05) is 24.3 Å². The monoisotopic (exact) mass is 313 g/mol. The fraction of sp³-hybridized carbons (Fsp3) is 0.500. The average Bonchev–Trinajstić information content (AvgIpc) is 2.34. The first-order valence-electron chi connectivity index (χ1n) is 5.98. The number of rotatable bonds is 6. The second-order valence-corrected chi connectivity index (χ2v) is 5.92. The number of halogens is 1. The molecular formula is C14H20BrNO2. The lowest BCUT2D eigenvalue weighted by Gasteiger charge is -2.24. The van der Waals surface area contributed by atoms with Crippen molar-refractivity contribution in [3.63, 3.8) is 0 Å². The van der Waals surface area contributed by atoms with E-state index in [-0.39, 0.29) is 11.3 Å². The summed E-state index contributed by atoms with van der Waals surface area (Å²) in [5.74, 6) is -0.0482. The third kappa shape index (κ3) is 4.78. The van der Waals surface area contributed by atoms with Crippen molar-refractivity contribution in [1.82, 2.24) is 5.32 Å². The summed E-state index contributed by atoms with van der Waals surface area (Å²) >= 11 is 3.38. The van der Waals surface area contributed by atoms with Crippen LogP contribution in [-0.4, -0.2) is 26.2 Å². The number of amides is 1. The Hall–Kier alpha value is -0.870.